The second-order valence-electron chi connectivity index (χ2n) is 4.33. The van der Waals surface area contributed by atoms with E-state index in [1.807, 2.05) is 0 Å². The maximum absolute atomic E-state index is 12.6. The van der Waals surface area contributed by atoms with Crippen molar-refractivity contribution in [3.05, 3.63) is 59.9 Å². The average molecular weight is 340 g/mol. The quantitative estimate of drug-likeness (QED) is 0.579. The molecule has 120 valence electrons. The first-order chi connectivity index (χ1) is 10.9. The van der Waals surface area contributed by atoms with Crippen LogP contribution in [0.5, 0.6) is 0 Å². The first-order valence-electron chi connectivity index (χ1n) is 6.32. The van der Waals surface area contributed by atoms with Crippen LogP contribution in [0.25, 0.3) is 0 Å². The van der Waals surface area contributed by atoms with Crippen molar-refractivity contribution in [3.8, 4) is 0 Å². The standard InChI is InChI=1S/C14H11F3N4OS/c15-14(16,17)9-4-3-5-10(8-9)19-13(23)21-20-12(22)11-6-1-2-7-18-11/h1-8H,(H,20,22)(H2,19,21,23). The summed E-state index contributed by atoms with van der Waals surface area (Å²) in [6, 6.07) is 9.33. The molecule has 0 radical (unpaired) electrons. The second kappa shape index (κ2) is 7.05. The molecule has 0 aliphatic carbocycles. The number of nitrogens with zero attached hydrogens (tertiary/aromatic N) is 1. The van der Waals surface area contributed by atoms with Crippen LogP contribution in [0.1, 0.15) is 16.1 Å². The molecule has 1 aromatic carbocycles. The minimum absolute atomic E-state index is 0.0615. The van der Waals surface area contributed by atoms with E-state index < -0.39 is 17.6 Å². The van der Waals surface area contributed by atoms with Crippen molar-refractivity contribution in [2.24, 2.45) is 0 Å². The molecule has 0 spiro atoms. The van der Waals surface area contributed by atoms with Crippen molar-refractivity contribution < 1.29 is 18.0 Å². The summed E-state index contributed by atoms with van der Waals surface area (Å²) in [6.07, 6.45) is -2.99. The van der Waals surface area contributed by atoms with Gasteiger partial charge in [-0.2, -0.15) is 13.2 Å². The van der Waals surface area contributed by atoms with Gasteiger partial charge in [0.05, 0.1) is 5.56 Å². The molecule has 0 bridgehead atoms. The van der Waals surface area contributed by atoms with Gasteiger partial charge in [-0.1, -0.05) is 12.1 Å². The van der Waals surface area contributed by atoms with E-state index in [9.17, 15) is 18.0 Å². The van der Waals surface area contributed by atoms with Gasteiger partial charge in [-0.25, -0.2) is 0 Å². The number of benzene rings is 1. The molecule has 0 saturated carbocycles. The average Bonchev–Trinajstić information content (AvgIpc) is 2.53. The Labute approximate surface area is 134 Å². The Morgan fingerprint density at radius 1 is 1.09 bits per heavy atom. The lowest BCUT2D eigenvalue weighted by atomic mass is 10.2. The second-order valence-corrected chi connectivity index (χ2v) is 4.74. The fourth-order valence-electron chi connectivity index (χ4n) is 1.61. The number of anilines is 1. The van der Waals surface area contributed by atoms with Crippen molar-refractivity contribution in [1.29, 1.82) is 0 Å². The minimum atomic E-state index is -4.44. The molecule has 1 aromatic heterocycles. The van der Waals surface area contributed by atoms with Gasteiger partial charge in [0.25, 0.3) is 5.91 Å². The summed E-state index contributed by atoms with van der Waals surface area (Å²) in [5, 5.41) is 2.48. The number of alkyl halides is 3. The van der Waals surface area contributed by atoms with Crippen LogP contribution in [-0.4, -0.2) is 16.0 Å². The predicted molar refractivity (Wildman–Crippen MR) is 82.5 cm³/mol. The normalized spacial score (nSPS) is 10.7. The van der Waals surface area contributed by atoms with E-state index in [4.69, 9.17) is 12.2 Å². The highest BCUT2D eigenvalue weighted by molar-refractivity contribution is 7.80. The number of hydrogen-bond acceptors (Lipinski definition) is 3. The maximum atomic E-state index is 12.6. The van der Waals surface area contributed by atoms with Crippen LogP contribution in [0.2, 0.25) is 0 Å². The summed E-state index contributed by atoms with van der Waals surface area (Å²) < 4.78 is 37.8. The van der Waals surface area contributed by atoms with Gasteiger partial charge in [0, 0.05) is 11.9 Å². The first kappa shape index (κ1) is 16.7. The third kappa shape index (κ3) is 4.92. The molecule has 0 unspecified atom stereocenters. The number of halogens is 3. The molecule has 0 fully saturated rings. The van der Waals surface area contributed by atoms with Crippen molar-refractivity contribution in [2.45, 2.75) is 6.18 Å². The molecule has 1 heterocycles. The van der Waals surface area contributed by atoms with Crippen LogP contribution in [-0.2, 0) is 6.18 Å². The van der Waals surface area contributed by atoms with Crippen LogP contribution in [0.3, 0.4) is 0 Å². The number of carbonyl (C=O) groups excluding carboxylic acids is 1. The fourth-order valence-corrected chi connectivity index (χ4v) is 1.78. The van der Waals surface area contributed by atoms with Gasteiger partial charge in [-0.05, 0) is 42.5 Å². The van der Waals surface area contributed by atoms with Gasteiger partial charge in [-0.15, -0.1) is 0 Å². The van der Waals surface area contributed by atoms with E-state index in [2.05, 4.69) is 21.2 Å². The number of hydrazine groups is 1. The lowest BCUT2D eigenvalue weighted by Crippen LogP contribution is -2.44. The van der Waals surface area contributed by atoms with Crippen molar-refractivity contribution >= 4 is 28.9 Å². The summed E-state index contributed by atoms with van der Waals surface area (Å²) in [6.45, 7) is 0. The Kier molecular flexibility index (Phi) is 5.12. The van der Waals surface area contributed by atoms with E-state index in [0.29, 0.717) is 0 Å². The molecule has 3 N–H and O–H groups in total. The smallest absolute Gasteiger partial charge is 0.331 e. The third-order valence-electron chi connectivity index (χ3n) is 2.63. The van der Waals surface area contributed by atoms with Crippen molar-refractivity contribution in [3.63, 3.8) is 0 Å². The topological polar surface area (TPSA) is 66.1 Å². The predicted octanol–water partition coefficient (Wildman–Crippen LogP) is 2.73. The summed E-state index contributed by atoms with van der Waals surface area (Å²) in [5.41, 5.74) is 4.18. The van der Waals surface area contributed by atoms with Crippen molar-refractivity contribution in [2.75, 3.05) is 5.32 Å². The molecular weight excluding hydrogens is 329 g/mol. The number of nitrogens with one attached hydrogen (secondary N) is 3. The van der Waals surface area contributed by atoms with Gasteiger partial charge in [0.2, 0.25) is 0 Å². The molecule has 0 aliphatic rings. The zero-order chi connectivity index (χ0) is 16.9. The number of hydrogen-bond donors (Lipinski definition) is 3. The summed E-state index contributed by atoms with van der Waals surface area (Å²) in [7, 11) is 0. The highest BCUT2D eigenvalue weighted by Crippen LogP contribution is 2.30. The lowest BCUT2D eigenvalue weighted by Gasteiger charge is -2.13. The van der Waals surface area contributed by atoms with Gasteiger partial charge in [0.15, 0.2) is 5.11 Å². The fraction of sp³-hybridized carbons (Fsp3) is 0.0714. The number of pyridine rings is 1. The van der Waals surface area contributed by atoms with Crippen LogP contribution >= 0.6 is 12.2 Å². The molecule has 2 aromatic rings. The molecule has 9 heteroatoms. The first-order valence-corrected chi connectivity index (χ1v) is 6.73. The van der Waals surface area contributed by atoms with Crippen LogP contribution < -0.4 is 16.2 Å². The van der Waals surface area contributed by atoms with Crippen LogP contribution in [0.15, 0.2) is 48.7 Å². The Morgan fingerprint density at radius 3 is 2.52 bits per heavy atom. The number of amides is 1. The summed E-state index contributed by atoms with van der Waals surface area (Å²) >= 11 is 4.90. The Hall–Kier alpha value is -2.68. The van der Waals surface area contributed by atoms with E-state index in [1.54, 1.807) is 12.1 Å². The molecule has 23 heavy (non-hydrogen) atoms. The third-order valence-corrected chi connectivity index (χ3v) is 2.84. The maximum Gasteiger partial charge on any atom is 0.416 e. The van der Waals surface area contributed by atoms with Crippen LogP contribution in [0.4, 0.5) is 18.9 Å². The van der Waals surface area contributed by atoms with E-state index in [0.717, 1.165) is 12.1 Å². The Balaban J connectivity index is 1.92. The van der Waals surface area contributed by atoms with Gasteiger partial charge in [0.1, 0.15) is 5.69 Å². The Bertz CT molecular complexity index is 707. The highest BCUT2D eigenvalue weighted by Gasteiger charge is 2.30. The van der Waals surface area contributed by atoms with E-state index in [1.165, 1.54) is 24.4 Å². The molecule has 2 rings (SSSR count). The zero-order valence-electron chi connectivity index (χ0n) is 11.5. The van der Waals surface area contributed by atoms with Crippen molar-refractivity contribution in [1.82, 2.24) is 15.8 Å². The largest absolute Gasteiger partial charge is 0.416 e. The van der Waals surface area contributed by atoms with Gasteiger partial charge in [-0.3, -0.25) is 20.6 Å². The van der Waals surface area contributed by atoms with E-state index in [-0.39, 0.29) is 16.5 Å². The molecule has 0 saturated heterocycles. The van der Waals surface area contributed by atoms with Gasteiger partial charge < -0.3 is 5.32 Å². The lowest BCUT2D eigenvalue weighted by molar-refractivity contribution is -0.137. The highest BCUT2D eigenvalue weighted by atomic mass is 32.1. The number of rotatable bonds is 2. The monoisotopic (exact) mass is 340 g/mol. The number of thiocarbonyl (C=S) groups is 1. The molecule has 0 atom stereocenters. The number of aromatic nitrogens is 1. The molecule has 5 nitrogen and oxygen atoms in total. The summed E-state index contributed by atoms with van der Waals surface area (Å²) in [5.74, 6) is -0.529. The van der Waals surface area contributed by atoms with Crippen LogP contribution in [0, 0.1) is 0 Å². The van der Waals surface area contributed by atoms with E-state index >= 15 is 0 Å². The minimum Gasteiger partial charge on any atom is -0.331 e. The zero-order valence-corrected chi connectivity index (χ0v) is 12.3. The molecule has 0 aliphatic heterocycles. The molecule has 1 amide bonds. The summed E-state index contributed by atoms with van der Waals surface area (Å²) in [4.78, 5) is 15.6. The SMILES string of the molecule is O=C(NNC(=S)Nc1cccc(C(F)(F)F)c1)c1ccccn1. The van der Waals surface area contributed by atoms with Gasteiger partial charge >= 0.3 is 6.18 Å². The number of carbonyl (C=O) groups is 1. The molecular formula is C14H11F3N4OS. The Morgan fingerprint density at radius 2 is 1.87 bits per heavy atom.